The van der Waals surface area contributed by atoms with Gasteiger partial charge in [-0.1, -0.05) is 0 Å². The van der Waals surface area contributed by atoms with Gasteiger partial charge in [-0.15, -0.1) is 0 Å². The molecule has 0 saturated carbocycles. The molecule has 5 heteroatoms. The van der Waals surface area contributed by atoms with Crippen molar-refractivity contribution in [1.82, 2.24) is 5.32 Å². The molecule has 3 N–H and O–H groups in total. The van der Waals surface area contributed by atoms with Crippen LogP contribution in [-0.2, 0) is 9.47 Å². The normalized spacial score (nSPS) is 12.8. The van der Waals surface area contributed by atoms with Gasteiger partial charge in [0.05, 0.1) is 13.2 Å². The predicted octanol–water partition coefficient (Wildman–Crippen LogP) is 1.13. The van der Waals surface area contributed by atoms with Crippen LogP contribution < -0.4 is 11.1 Å². The summed E-state index contributed by atoms with van der Waals surface area (Å²) in [4.78, 5) is 4.25. The highest BCUT2D eigenvalue weighted by atomic mass is 16.5. The van der Waals surface area contributed by atoms with Crippen LogP contribution in [0, 0.1) is 0 Å². The van der Waals surface area contributed by atoms with E-state index in [0.717, 1.165) is 26.0 Å². The van der Waals surface area contributed by atoms with Crippen molar-refractivity contribution < 1.29 is 9.47 Å². The van der Waals surface area contributed by atoms with E-state index in [1.54, 1.807) is 7.11 Å². The molecule has 0 atom stereocenters. The minimum absolute atomic E-state index is 0.0309. The highest BCUT2D eigenvalue weighted by molar-refractivity contribution is 5.78. The van der Waals surface area contributed by atoms with Gasteiger partial charge in [0, 0.05) is 25.8 Å². The highest BCUT2D eigenvalue weighted by Gasteiger charge is 2.09. The SMILES string of the molecule is COCCOCCCCN=C(N)NC(C)(C)C. The van der Waals surface area contributed by atoms with Crippen molar-refractivity contribution in [3.05, 3.63) is 0 Å². The third-order valence-corrected chi connectivity index (χ3v) is 1.91. The van der Waals surface area contributed by atoms with Crippen LogP contribution in [0.1, 0.15) is 33.6 Å². The smallest absolute Gasteiger partial charge is 0.188 e. The number of hydrogen-bond donors (Lipinski definition) is 2. The molecule has 0 aromatic heterocycles. The van der Waals surface area contributed by atoms with E-state index in [1.807, 2.05) is 0 Å². The minimum atomic E-state index is -0.0309. The molecule has 5 nitrogen and oxygen atoms in total. The summed E-state index contributed by atoms with van der Waals surface area (Å²) in [5.74, 6) is 0.512. The number of nitrogens with one attached hydrogen (secondary N) is 1. The second kappa shape index (κ2) is 9.24. The van der Waals surface area contributed by atoms with Gasteiger partial charge in [-0.25, -0.2) is 0 Å². The molecule has 0 amide bonds. The predicted molar refractivity (Wildman–Crippen MR) is 71.3 cm³/mol. The van der Waals surface area contributed by atoms with E-state index >= 15 is 0 Å². The van der Waals surface area contributed by atoms with Crippen LogP contribution in [0.5, 0.6) is 0 Å². The van der Waals surface area contributed by atoms with Gasteiger partial charge < -0.3 is 20.5 Å². The van der Waals surface area contributed by atoms with Crippen molar-refractivity contribution >= 4 is 5.96 Å². The maximum Gasteiger partial charge on any atom is 0.188 e. The fourth-order valence-corrected chi connectivity index (χ4v) is 1.18. The fourth-order valence-electron chi connectivity index (χ4n) is 1.18. The molecule has 0 unspecified atom stereocenters. The standard InChI is InChI=1S/C12H27N3O2/c1-12(2,3)15-11(13)14-7-5-6-8-17-10-9-16-4/h5-10H2,1-4H3,(H3,13,14,15). The molecule has 0 aliphatic rings. The highest BCUT2D eigenvalue weighted by Crippen LogP contribution is 1.97. The largest absolute Gasteiger partial charge is 0.382 e. The summed E-state index contributed by atoms with van der Waals surface area (Å²) >= 11 is 0. The topological polar surface area (TPSA) is 68.9 Å². The molecule has 0 aliphatic carbocycles. The Kier molecular flexibility index (Phi) is 8.80. The Labute approximate surface area is 105 Å². The van der Waals surface area contributed by atoms with Crippen molar-refractivity contribution in [1.29, 1.82) is 0 Å². The summed E-state index contributed by atoms with van der Waals surface area (Å²) in [6.07, 6.45) is 1.98. The molecule has 0 rings (SSSR count). The van der Waals surface area contributed by atoms with Gasteiger partial charge in [-0.05, 0) is 33.6 Å². The van der Waals surface area contributed by atoms with Gasteiger partial charge in [0.1, 0.15) is 0 Å². The number of nitrogens with two attached hydrogens (primary N) is 1. The van der Waals surface area contributed by atoms with E-state index in [4.69, 9.17) is 15.2 Å². The zero-order valence-corrected chi connectivity index (χ0v) is 11.6. The molecule has 17 heavy (non-hydrogen) atoms. The third-order valence-electron chi connectivity index (χ3n) is 1.91. The fraction of sp³-hybridized carbons (Fsp3) is 0.917. The van der Waals surface area contributed by atoms with E-state index in [0.29, 0.717) is 19.2 Å². The summed E-state index contributed by atoms with van der Waals surface area (Å²) in [6.45, 7) is 8.97. The van der Waals surface area contributed by atoms with Crippen LogP contribution in [0.4, 0.5) is 0 Å². The van der Waals surface area contributed by atoms with Crippen molar-refractivity contribution in [2.24, 2.45) is 10.7 Å². The van der Waals surface area contributed by atoms with Crippen molar-refractivity contribution in [3.8, 4) is 0 Å². The number of unbranched alkanes of at least 4 members (excludes halogenated alkanes) is 1. The first-order valence-electron chi connectivity index (χ1n) is 6.10. The van der Waals surface area contributed by atoms with Crippen molar-refractivity contribution in [2.45, 2.75) is 39.2 Å². The van der Waals surface area contributed by atoms with E-state index in [1.165, 1.54) is 0 Å². The lowest BCUT2D eigenvalue weighted by atomic mass is 10.1. The van der Waals surface area contributed by atoms with E-state index in [9.17, 15) is 0 Å². The Bertz CT molecular complexity index is 212. The van der Waals surface area contributed by atoms with Crippen LogP contribution >= 0.6 is 0 Å². The van der Waals surface area contributed by atoms with Crippen molar-refractivity contribution in [3.63, 3.8) is 0 Å². The molecule has 0 aromatic carbocycles. The molecule has 0 aliphatic heterocycles. The van der Waals surface area contributed by atoms with Crippen LogP contribution in [0.25, 0.3) is 0 Å². The minimum Gasteiger partial charge on any atom is -0.382 e. The van der Waals surface area contributed by atoms with Crippen LogP contribution in [0.15, 0.2) is 4.99 Å². The monoisotopic (exact) mass is 245 g/mol. The quantitative estimate of drug-likeness (QED) is 0.382. The third kappa shape index (κ3) is 13.1. The molecule has 0 fully saturated rings. The van der Waals surface area contributed by atoms with E-state index in [2.05, 4.69) is 31.1 Å². The summed E-state index contributed by atoms with van der Waals surface area (Å²) in [6, 6.07) is 0. The Balaban J connectivity index is 3.40. The molecule has 0 saturated heterocycles. The average Bonchev–Trinajstić information content (AvgIpc) is 2.19. The van der Waals surface area contributed by atoms with Gasteiger partial charge in [0.2, 0.25) is 0 Å². The Morgan fingerprint density at radius 1 is 1.18 bits per heavy atom. The lowest BCUT2D eigenvalue weighted by Gasteiger charge is -2.20. The molecular formula is C12H27N3O2. The summed E-state index contributed by atoms with van der Waals surface area (Å²) < 4.78 is 10.2. The van der Waals surface area contributed by atoms with Crippen LogP contribution in [-0.4, -0.2) is 45.0 Å². The van der Waals surface area contributed by atoms with Crippen molar-refractivity contribution in [2.75, 3.05) is 33.5 Å². The number of methoxy groups -OCH3 is 1. The Morgan fingerprint density at radius 2 is 1.88 bits per heavy atom. The van der Waals surface area contributed by atoms with Crippen LogP contribution in [0.3, 0.4) is 0 Å². The average molecular weight is 245 g/mol. The molecule has 0 heterocycles. The number of guanidine groups is 1. The Hall–Kier alpha value is -0.810. The first-order chi connectivity index (χ1) is 7.95. The lowest BCUT2D eigenvalue weighted by Crippen LogP contribution is -2.45. The number of rotatable bonds is 8. The number of nitrogens with zero attached hydrogens (tertiary/aromatic N) is 1. The number of aliphatic imine (C=N–C) groups is 1. The molecule has 0 spiro atoms. The lowest BCUT2D eigenvalue weighted by molar-refractivity contribution is 0.0690. The number of hydrogen-bond acceptors (Lipinski definition) is 3. The number of ether oxygens (including phenoxy) is 2. The van der Waals surface area contributed by atoms with Crippen LogP contribution in [0.2, 0.25) is 0 Å². The summed E-state index contributed by atoms with van der Waals surface area (Å²) in [7, 11) is 1.67. The molecular weight excluding hydrogens is 218 g/mol. The van der Waals surface area contributed by atoms with Gasteiger partial charge in [-0.3, -0.25) is 4.99 Å². The molecule has 0 bridgehead atoms. The summed E-state index contributed by atoms with van der Waals surface area (Å²) in [5, 5.41) is 3.12. The van der Waals surface area contributed by atoms with Gasteiger partial charge >= 0.3 is 0 Å². The first kappa shape index (κ1) is 16.2. The second-order valence-electron chi connectivity index (χ2n) is 4.95. The van der Waals surface area contributed by atoms with Gasteiger partial charge in [0.15, 0.2) is 5.96 Å². The van der Waals surface area contributed by atoms with Gasteiger partial charge in [-0.2, -0.15) is 0 Å². The van der Waals surface area contributed by atoms with E-state index in [-0.39, 0.29) is 5.54 Å². The maximum absolute atomic E-state index is 5.73. The zero-order valence-electron chi connectivity index (χ0n) is 11.6. The molecule has 0 aromatic rings. The maximum atomic E-state index is 5.73. The second-order valence-corrected chi connectivity index (χ2v) is 4.95. The zero-order chi connectivity index (χ0) is 13.1. The molecule has 102 valence electrons. The first-order valence-corrected chi connectivity index (χ1v) is 6.10. The molecule has 0 radical (unpaired) electrons. The van der Waals surface area contributed by atoms with E-state index < -0.39 is 0 Å². The van der Waals surface area contributed by atoms with Gasteiger partial charge in [0.25, 0.3) is 0 Å². The Morgan fingerprint density at radius 3 is 2.47 bits per heavy atom. The summed E-state index contributed by atoms with van der Waals surface area (Å²) in [5.41, 5.74) is 5.70.